The SMILES string of the molecule is CN=C(NCCNC(=O)c1ccc(OC)cc1)N(C)CCOCC1CC1. The Labute approximate surface area is 155 Å². The minimum absolute atomic E-state index is 0.105. The molecular formula is C19H30N4O3. The summed E-state index contributed by atoms with van der Waals surface area (Å²) in [7, 11) is 5.33. The fraction of sp³-hybridized carbons (Fsp3) is 0.579. The monoisotopic (exact) mass is 362 g/mol. The van der Waals surface area contributed by atoms with E-state index in [0.29, 0.717) is 25.3 Å². The predicted octanol–water partition coefficient (Wildman–Crippen LogP) is 1.36. The van der Waals surface area contributed by atoms with Crippen LogP contribution in [0, 0.1) is 5.92 Å². The standard InChI is InChI=1S/C19H30N4O3/c1-20-19(23(2)12-13-26-14-15-4-5-15)22-11-10-21-18(24)16-6-8-17(25-3)9-7-16/h6-9,15H,4-5,10-14H2,1-3H3,(H,20,22)(H,21,24). The molecule has 1 amide bonds. The first-order valence-electron chi connectivity index (χ1n) is 9.05. The number of rotatable bonds is 10. The first kappa shape index (κ1) is 20.0. The molecule has 0 saturated heterocycles. The number of hydrogen-bond donors (Lipinski definition) is 2. The molecule has 0 atom stereocenters. The molecule has 0 heterocycles. The lowest BCUT2D eigenvalue weighted by Gasteiger charge is -2.22. The first-order chi connectivity index (χ1) is 12.6. The van der Waals surface area contributed by atoms with Crippen LogP contribution < -0.4 is 15.4 Å². The van der Waals surface area contributed by atoms with Crippen LogP contribution in [0.1, 0.15) is 23.2 Å². The van der Waals surface area contributed by atoms with Gasteiger partial charge in [-0.3, -0.25) is 9.79 Å². The second-order valence-corrected chi connectivity index (χ2v) is 6.40. The van der Waals surface area contributed by atoms with Gasteiger partial charge in [-0.05, 0) is 43.0 Å². The van der Waals surface area contributed by atoms with Gasteiger partial charge in [-0.25, -0.2) is 0 Å². The lowest BCUT2D eigenvalue weighted by molar-refractivity contribution is 0.0954. The van der Waals surface area contributed by atoms with Gasteiger partial charge in [0.2, 0.25) is 0 Å². The molecule has 0 spiro atoms. The van der Waals surface area contributed by atoms with Gasteiger partial charge in [-0.2, -0.15) is 0 Å². The van der Waals surface area contributed by atoms with Crippen LogP contribution in [0.5, 0.6) is 5.75 Å². The number of amides is 1. The number of aliphatic imine (C=N–C) groups is 1. The zero-order valence-electron chi connectivity index (χ0n) is 16.0. The second kappa shape index (κ2) is 10.7. The number of guanidine groups is 1. The minimum atomic E-state index is -0.105. The maximum atomic E-state index is 12.1. The zero-order chi connectivity index (χ0) is 18.8. The molecule has 0 aliphatic heterocycles. The molecular weight excluding hydrogens is 332 g/mol. The molecule has 2 N–H and O–H groups in total. The highest BCUT2D eigenvalue weighted by molar-refractivity contribution is 5.94. The molecule has 0 bridgehead atoms. The van der Waals surface area contributed by atoms with Crippen molar-refractivity contribution >= 4 is 11.9 Å². The van der Waals surface area contributed by atoms with E-state index in [1.54, 1.807) is 38.4 Å². The lowest BCUT2D eigenvalue weighted by atomic mass is 10.2. The van der Waals surface area contributed by atoms with Crippen LogP contribution in [0.2, 0.25) is 0 Å². The maximum absolute atomic E-state index is 12.1. The Balaban J connectivity index is 1.61. The summed E-state index contributed by atoms with van der Waals surface area (Å²) < 4.78 is 10.7. The summed E-state index contributed by atoms with van der Waals surface area (Å²) in [6, 6.07) is 7.04. The van der Waals surface area contributed by atoms with Crippen molar-refractivity contribution in [2.24, 2.45) is 10.9 Å². The van der Waals surface area contributed by atoms with Gasteiger partial charge < -0.3 is 25.0 Å². The highest BCUT2D eigenvalue weighted by Crippen LogP contribution is 2.28. The molecule has 1 saturated carbocycles. The third-order valence-electron chi connectivity index (χ3n) is 4.24. The molecule has 7 heteroatoms. The minimum Gasteiger partial charge on any atom is -0.497 e. The van der Waals surface area contributed by atoms with E-state index in [4.69, 9.17) is 9.47 Å². The Morgan fingerprint density at radius 3 is 2.54 bits per heavy atom. The summed E-state index contributed by atoms with van der Waals surface area (Å²) in [6.07, 6.45) is 2.61. The van der Waals surface area contributed by atoms with Gasteiger partial charge in [-0.15, -0.1) is 0 Å². The predicted molar refractivity (Wildman–Crippen MR) is 103 cm³/mol. The van der Waals surface area contributed by atoms with E-state index in [-0.39, 0.29) is 5.91 Å². The van der Waals surface area contributed by atoms with Gasteiger partial charge in [-0.1, -0.05) is 0 Å². The van der Waals surface area contributed by atoms with E-state index in [0.717, 1.165) is 30.8 Å². The number of carbonyl (C=O) groups excluding carboxylic acids is 1. The van der Waals surface area contributed by atoms with Crippen molar-refractivity contribution in [1.82, 2.24) is 15.5 Å². The molecule has 0 radical (unpaired) electrons. The van der Waals surface area contributed by atoms with Gasteiger partial charge in [0.05, 0.1) is 13.7 Å². The Hall–Kier alpha value is -2.28. The molecule has 144 valence electrons. The number of benzene rings is 1. The van der Waals surface area contributed by atoms with Gasteiger partial charge >= 0.3 is 0 Å². The van der Waals surface area contributed by atoms with E-state index >= 15 is 0 Å². The fourth-order valence-corrected chi connectivity index (χ4v) is 2.42. The third-order valence-corrected chi connectivity index (χ3v) is 4.24. The Bertz CT molecular complexity index is 585. The molecule has 26 heavy (non-hydrogen) atoms. The largest absolute Gasteiger partial charge is 0.497 e. The number of hydrogen-bond acceptors (Lipinski definition) is 4. The number of nitrogens with zero attached hydrogens (tertiary/aromatic N) is 2. The fourth-order valence-electron chi connectivity index (χ4n) is 2.42. The summed E-state index contributed by atoms with van der Waals surface area (Å²) in [6.45, 7) is 3.46. The van der Waals surface area contributed by atoms with Crippen LogP contribution >= 0.6 is 0 Å². The number of nitrogens with one attached hydrogen (secondary N) is 2. The van der Waals surface area contributed by atoms with Crippen molar-refractivity contribution in [1.29, 1.82) is 0 Å². The number of methoxy groups -OCH3 is 1. The summed E-state index contributed by atoms with van der Waals surface area (Å²) in [5, 5.41) is 6.13. The molecule has 1 aliphatic carbocycles. The van der Waals surface area contributed by atoms with Crippen molar-refractivity contribution in [3.8, 4) is 5.75 Å². The van der Waals surface area contributed by atoms with Crippen molar-refractivity contribution in [2.75, 3.05) is 54.1 Å². The molecule has 0 unspecified atom stereocenters. The van der Waals surface area contributed by atoms with Gasteiger partial charge in [0, 0.05) is 45.9 Å². The highest BCUT2D eigenvalue weighted by atomic mass is 16.5. The average molecular weight is 362 g/mol. The summed E-state index contributed by atoms with van der Waals surface area (Å²) in [5.41, 5.74) is 0.611. The Morgan fingerprint density at radius 1 is 1.23 bits per heavy atom. The molecule has 1 aliphatic rings. The normalized spacial score (nSPS) is 14.0. The molecule has 7 nitrogen and oxygen atoms in total. The van der Waals surface area contributed by atoms with E-state index < -0.39 is 0 Å². The molecule has 1 aromatic carbocycles. The van der Waals surface area contributed by atoms with E-state index in [2.05, 4.69) is 15.6 Å². The van der Waals surface area contributed by atoms with Crippen molar-refractivity contribution in [3.63, 3.8) is 0 Å². The van der Waals surface area contributed by atoms with Gasteiger partial charge in [0.15, 0.2) is 5.96 Å². The van der Waals surface area contributed by atoms with Crippen molar-refractivity contribution in [2.45, 2.75) is 12.8 Å². The van der Waals surface area contributed by atoms with Crippen molar-refractivity contribution in [3.05, 3.63) is 29.8 Å². The maximum Gasteiger partial charge on any atom is 0.251 e. The molecule has 0 aromatic heterocycles. The lowest BCUT2D eigenvalue weighted by Crippen LogP contribution is -2.43. The molecule has 1 fully saturated rings. The molecule has 2 rings (SSSR count). The second-order valence-electron chi connectivity index (χ2n) is 6.40. The third kappa shape index (κ3) is 6.92. The van der Waals surface area contributed by atoms with E-state index in [1.165, 1.54) is 12.8 Å². The van der Waals surface area contributed by atoms with Gasteiger partial charge in [0.1, 0.15) is 5.75 Å². The first-order valence-corrected chi connectivity index (χ1v) is 9.05. The smallest absolute Gasteiger partial charge is 0.251 e. The summed E-state index contributed by atoms with van der Waals surface area (Å²) in [4.78, 5) is 18.4. The van der Waals surface area contributed by atoms with Crippen LogP contribution in [0.15, 0.2) is 29.3 Å². The quantitative estimate of drug-likeness (QED) is 0.373. The van der Waals surface area contributed by atoms with E-state index in [1.807, 2.05) is 11.9 Å². The average Bonchev–Trinajstić information content (AvgIpc) is 3.49. The number of carbonyl (C=O) groups is 1. The van der Waals surface area contributed by atoms with Crippen LogP contribution in [-0.4, -0.2) is 70.8 Å². The van der Waals surface area contributed by atoms with Crippen LogP contribution in [0.25, 0.3) is 0 Å². The van der Waals surface area contributed by atoms with Gasteiger partial charge in [0.25, 0.3) is 5.91 Å². The topological polar surface area (TPSA) is 75.2 Å². The molecule has 1 aromatic rings. The Kier molecular flexibility index (Phi) is 8.21. The zero-order valence-corrected chi connectivity index (χ0v) is 16.0. The van der Waals surface area contributed by atoms with E-state index in [9.17, 15) is 4.79 Å². The van der Waals surface area contributed by atoms with Crippen molar-refractivity contribution < 1.29 is 14.3 Å². The van der Waals surface area contributed by atoms with Crippen LogP contribution in [-0.2, 0) is 4.74 Å². The highest BCUT2D eigenvalue weighted by Gasteiger charge is 2.21. The summed E-state index contributed by atoms with van der Waals surface area (Å²) >= 11 is 0. The number of likely N-dealkylation sites (N-methyl/N-ethyl adjacent to an activating group) is 1. The van der Waals surface area contributed by atoms with Crippen LogP contribution in [0.3, 0.4) is 0 Å². The summed E-state index contributed by atoms with van der Waals surface area (Å²) in [5.74, 6) is 2.20. The van der Waals surface area contributed by atoms with Crippen LogP contribution in [0.4, 0.5) is 0 Å². The number of ether oxygens (including phenoxy) is 2. The Morgan fingerprint density at radius 2 is 1.92 bits per heavy atom.